The van der Waals surface area contributed by atoms with Crippen LogP contribution in [0.4, 0.5) is 5.69 Å². The van der Waals surface area contributed by atoms with E-state index in [9.17, 15) is 4.79 Å². The minimum absolute atomic E-state index is 0.115. The number of nitrogens with two attached hydrogens (primary N) is 1. The van der Waals surface area contributed by atoms with E-state index in [1.54, 1.807) is 0 Å². The van der Waals surface area contributed by atoms with Crippen LogP contribution >= 0.6 is 15.9 Å². The molecule has 1 aromatic rings. The van der Waals surface area contributed by atoms with Gasteiger partial charge in [-0.2, -0.15) is 0 Å². The number of fused-ring (bicyclic) bond motifs is 1. The van der Waals surface area contributed by atoms with Gasteiger partial charge < -0.3 is 10.6 Å². The molecule has 0 saturated heterocycles. The van der Waals surface area contributed by atoms with Gasteiger partial charge in [0.25, 0.3) is 0 Å². The molecule has 80 valence electrons. The predicted molar refractivity (Wildman–Crippen MR) is 64.1 cm³/mol. The zero-order valence-electron chi connectivity index (χ0n) is 8.32. The lowest BCUT2D eigenvalue weighted by Gasteiger charge is -2.16. The van der Waals surface area contributed by atoms with E-state index in [0.29, 0.717) is 13.1 Å². The van der Waals surface area contributed by atoms with Gasteiger partial charge >= 0.3 is 0 Å². The molecule has 0 spiro atoms. The summed E-state index contributed by atoms with van der Waals surface area (Å²) in [6.07, 6.45) is 0.833. The van der Waals surface area contributed by atoms with E-state index in [4.69, 9.17) is 5.73 Å². The van der Waals surface area contributed by atoms with Gasteiger partial charge in [0.05, 0.1) is 0 Å². The van der Waals surface area contributed by atoms with Crippen LogP contribution in [-0.4, -0.2) is 19.0 Å². The SMILES string of the molecule is NCCCN1C(=O)C(Br)c2ccccc21. The third kappa shape index (κ3) is 1.79. The number of benzene rings is 1. The van der Waals surface area contributed by atoms with Crippen molar-refractivity contribution >= 4 is 27.5 Å². The molecule has 0 bridgehead atoms. The number of amides is 1. The van der Waals surface area contributed by atoms with Crippen molar-refractivity contribution in [3.05, 3.63) is 29.8 Å². The van der Waals surface area contributed by atoms with Crippen molar-refractivity contribution in [2.75, 3.05) is 18.0 Å². The van der Waals surface area contributed by atoms with Crippen molar-refractivity contribution in [2.45, 2.75) is 11.2 Å². The van der Waals surface area contributed by atoms with Crippen molar-refractivity contribution in [3.8, 4) is 0 Å². The minimum atomic E-state index is -0.188. The molecule has 1 amide bonds. The number of alkyl halides is 1. The van der Waals surface area contributed by atoms with Crippen molar-refractivity contribution in [2.24, 2.45) is 5.73 Å². The lowest BCUT2D eigenvalue weighted by molar-refractivity contribution is -0.117. The quantitative estimate of drug-likeness (QED) is 0.851. The minimum Gasteiger partial charge on any atom is -0.330 e. The summed E-state index contributed by atoms with van der Waals surface area (Å²) in [6.45, 7) is 1.31. The molecule has 1 unspecified atom stereocenters. The van der Waals surface area contributed by atoms with Gasteiger partial charge in [-0.1, -0.05) is 34.1 Å². The summed E-state index contributed by atoms with van der Waals surface area (Å²) in [4.78, 5) is 13.5. The summed E-state index contributed by atoms with van der Waals surface area (Å²) in [7, 11) is 0. The normalized spacial score (nSPS) is 19.5. The Morgan fingerprint density at radius 3 is 2.87 bits per heavy atom. The Morgan fingerprint density at radius 1 is 1.40 bits per heavy atom. The van der Waals surface area contributed by atoms with E-state index in [-0.39, 0.29) is 10.7 Å². The molecule has 1 aromatic carbocycles. The Labute approximate surface area is 97.4 Å². The third-order valence-electron chi connectivity index (χ3n) is 2.57. The average Bonchev–Trinajstić information content (AvgIpc) is 2.51. The number of hydrogen-bond acceptors (Lipinski definition) is 2. The summed E-state index contributed by atoms with van der Waals surface area (Å²) < 4.78 is 0. The second-order valence-electron chi connectivity index (χ2n) is 3.55. The van der Waals surface area contributed by atoms with Crippen molar-refractivity contribution in [1.29, 1.82) is 0 Å². The zero-order chi connectivity index (χ0) is 10.8. The number of anilines is 1. The molecule has 0 saturated carbocycles. The Balaban J connectivity index is 2.30. The van der Waals surface area contributed by atoms with Crippen molar-refractivity contribution in [1.82, 2.24) is 0 Å². The highest BCUT2D eigenvalue weighted by atomic mass is 79.9. The van der Waals surface area contributed by atoms with Gasteiger partial charge in [0.2, 0.25) is 5.91 Å². The first-order valence-corrected chi connectivity index (χ1v) is 5.91. The van der Waals surface area contributed by atoms with Gasteiger partial charge in [-0.05, 0) is 24.6 Å². The summed E-state index contributed by atoms with van der Waals surface area (Å²) in [5.41, 5.74) is 7.52. The van der Waals surface area contributed by atoms with Crippen molar-refractivity contribution in [3.63, 3.8) is 0 Å². The molecular weight excluding hydrogens is 256 g/mol. The maximum Gasteiger partial charge on any atom is 0.245 e. The van der Waals surface area contributed by atoms with Crippen LogP contribution in [0.25, 0.3) is 0 Å². The molecule has 1 atom stereocenters. The van der Waals surface area contributed by atoms with Crippen LogP contribution in [0.15, 0.2) is 24.3 Å². The summed E-state index contributed by atoms with van der Waals surface area (Å²) in [5.74, 6) is 0.115. The fraction of sp³-hybridized carbons (Fsp3) is 0.364. The highest BCUT2D eigenvalue weighted by Gasteiger charge is 2.34. The standard InChI is InChI=1S/C11H13BrN2O/c12-10-8-4-1-2-5-9(8)14(11(10)15)7-3-6-13/h1-2,4-5,10H,3,6-7,13H2. The van der Waals surface area contributed by atoms with Gasteiger partial charge in [0, 0.05) is 12.2 Å². The molecule has 2 rings (SSSR count). The Bertz CT molecular complexity index is 381. The van der Waals surface area contributed by atoms with E-state index in [2.05, 4.69) is 15.9 Å². The molecule has 1 aliphatic heterocycles. The fourth-order valence-corrected chi connectivity index (χ4v) is 2.45. The van der Waals surface area contributed by atoms with Crippen LogP contribution in [0.5, 0.6) is 0 Å². The number of nitrogens with zero attached hydrogens (tertiary/aromatic N) is 1. The van der Waals surface area contributed by atoms with Gasteiger partial charge in [0.15, 0.2) is 0 Å². The summed E-state index contributed by atoms with van der Waals surface area (Å²) >= 11 is 3.41. The molecule has 0 fully saturated rings. The van der Waals surface area contributed by atoms with E-state index in [1.165, 1.54) is 0 Å². The van der Waals surface area contributed by atoms with E-state index < -0.39 is 0 Å². The number of carbonyl (C=O) groups excluding carboxylic acids is 1. The molecule has 2 N–H and O–H groups in total. The van der Waals surface area contributed by atoms with Gasteiger partial charge in [0.1, 0.15) is 4.83 Å². The van der Waals surface area contributed by atoms with Gasteiger partial charge in [-0.15, -0.1) is 0 Å². The molecule has 4 heteroatoms. The van der Waals surface area contributed by atoms with Crippen LogP contribution in [-0.2, 0) is 4.79 Å². The van der Waals surface area contributed by atoms with Gasteiger partial charge in [-0.25, -0.2) is 0 Å². The maximum absolute atomic E-state index is 11.9. The summed E-state index contributed by atoms with van der Waals surface area (Å²) in [6, 6.07) is 7.86. The van der Waals surface area contributed by atoms with E-state index >= 15 is 0 Å². The maximum atomic E-state index is 11.9. The highest BCUT2D eigenvalue weighted by molar-refractivity contribution is 9.09. The first kappa shape index (κ1) is 10.6. The molecule has 0 aromatic heterocycles. The van der Waals surface area contributed by atoms with E-state index in [1.807, 2.05) is 29.2 Å². The second kappa shape index (κ2) is 4.33. The van der Waals surface area contributed by atoms with Gasteiger partial charge in [-0.3, -0.25) is 4.79 Å². The van der Waals surface area contributed by atoms with Crippen LogP contribution in [0.1, 0.15) is 16.8 Å². The first-order valence-electron chi connectivity index (χ1n) is 5.00. The Kier molecular flexibility index (Phi) is 3.07. The fourth-order valence-electron chi connectivity index (χ4n) is 1.82. The molecule has 3 nitrogen and oxygen atoms in total. The molecule has 1 heterocycles. The largest absolute Gasteiger partial charge is 0.330 e. The van der Waals surface area contributed by atoms with Crippen LogP contribution in [0, 0.1) is 0 Å². The van der Waals surface area contributed by atoms with Crippen LogP contribution in [0.2, 0.25) is 0 Å². The van der Waals surface area contributed by atoms with Crippen molar-refractivity contribution < 1.29 is 4.79 Å². The lowest BCUT2D eigenvalue weighted by Crippen LogP contribution is -2.29. The topological polar surface area (TPSA) is 46.3 Å². The van der Waals surface area contributed by atoms with Crippen LogP contribution < -0.4 is 10.6 Å². The number of rotatable bonds is 3. The smallest absolute Gasteiger partial charge is 0.245 e. The summed E-state index contributed by atoms with van der Waals surface area (Å²) in [5, 5.41) is 0. The molecule has 15 heavy (non-hydrogen) atoms. The Hall–Kier alpha value is -0.870. The van der Waals surface area contributed by atoms with E-state index in [0.717, 1.165) is 17.7 Å². The highest BCUT2D eigenvalue weighted by Crippen LogP contribution is 2.40. The second-order valence-corrected chi connectivity index (χ2v) is 4.47. The third-order valence-corrected chi connectivity index (χ3v) is 3.45. The molecule has 0 aliphatic carbocycles. The number of carbonyl (C=O) groups is 1. The predicted octanol–water partition coefficient (Wildman–Crippen LogP) is 1.82. The monoisotopic (exact) mass is 268 g/mol. The lowest BCUT2D eigenvalue weighted by atomic mass is 10.2. The number of para-hydroxylation sites is 1. The Morgan fingerprint density at radius 2 is 2.13 bits per heavy atom. The number of hydrogen-bond donors (Lipinski definition) is 1. The van der Waals surface area contributed by atoms with Crippen LogP contribution in [0.3, 0.4) is 0 Å². The molecular formula is C11H13BrN2O. The molecule has 1 aliphatic rings. The molecule has 0 radical (unpaired) electrons. The average molecular weight is 269 g/mol. The first-order chi connectivity index (χ1) is 7.25. The number of halogens is 1. The zero-order valence-corrected chi connectivity index (χ0v) is 9.90.